The number of halogens is 4. The van der Waals surface area contributed by atoms with Gasteiger partial charge in [0.2, 0.25) is 10.0 Å². The average molecular weight is 310 g/mol. The molecule has 0 radical (unpaired) electrons. The third-order valence-electron chi connectivity index (χ3n) is 2.60. The molecule has 0 saturated heterocycles. The van der Waals surface area contributed by atoms with Gasteiger partial charge in [0.15, 0.2) is 0 Å². The molecule has 0 aromatic carbocycles. The minimum Gasteiger partial charge on any atom is -0.369 e. The second-order valence-corrected chi connectivity index (χ2v) is 6.59. The van der Waals surface area contributed by atoms with E-state index in [4.69, 9.17) is 16.3 Å². The van der Waals surface area contributed by atoms with Gasteiger partial charge in [-0.05, 0) is 25.7 Å². The molecule has 2 atom stereocenters. The first-order valence-electron chi connectivity index (χ1n) is 5.46. The average Bonchev–Trinajstić information content (AvgIpc) is 2.25. The number of ether oxygens (including phenoxy) is 1. The van der Waals surface area contributed by atoms with Crippen LogP contribution in [0.25, 0.3) is 0 Å². The van der Waals surface area contributed by atoms with Gasteiger partial charge in [0.05, 0.1) is 6.10 Å². The Morgan fingerprint density at radius 2 is 2.00 bits per heavy atom. The zero-order valence-corrected chi connectivity index (χ0v) is 11.1. The molecule has 4 nitrogen and oxygen atoms in total. The first-order chi connectivity index (χ1) is 8.22. The van der Waals surface area contributed by atoms with Crippen LogP contribution in [0.5, 0.6) is 0 Å². The molecule has 0 aromatic rings. The van der Waals surface area contributed by atoms with Crippen molar-refractivity contribution in [2.75, 3.05) is 11.8 Å². The monoisotopic (exact) mass is 309 g/mol. The van der Waals surface area contributed by atoms with Crippen molar-refractivity contribution in [3.63, 3.8) is 0 Å². The number of rotatable bonds is 5. The fourth-order valence-electron chi connectivity index (χ4n) is 1.90. The third-order valence-corrected chi connectivity index (χ3v) is 4.44. The second kappa shape index (κ2) is 6.40. The van der Waals surface area contributed by atoms with Gasteiger partial charge in [0.25, 0.3) is 0 Å². The van der Waals surface area contributed by atoms with Crippen molar-refractivity contribution in [1.29, 1.82) is 0 Å². The molecular weight excluding hydrogens is 295 g/mol. The van der Waals surface area contributed by atoms with Crippen LogP contribution in [0.3, 0.4) is 0 Å². The lowest BCUT2D eigenvalue weighted by molar-refractivity contribution is -0.188. The lowest BCUT2D eigenvalue weighted by atomic mass is 9.93. The molecule has 1 N–H and O–H groups in total. The minimum atomic E-state index is -4.36. The third kappa shape index (κ3) is 6.21. The smallest absolute Gasteiger partial charge is 0.369 e. The van der Waals surface area contributed by atoms with Crippen LogP contribution >= 0.6 is 11.6 Å². The summed E-state index contributed by atoms with van der Waals surface area (Å²) in [6.45, 7) is -1.30. The van der Waals surface area contributed by atoms with E-state index in [-0.39, 0.29) is 6.42 Å². The highest BCUT2D eigenvalue weighted by molar-refractivity contribution is 7.90. The molecule has 18 heavy (non-hydrogen) atoms. The van der Waals surface area contributed by atoms with Crippen molar-refractivity contribution in [2.24, 2.45) is 0 Å². The summed E-state index contributed by atoms with van der Waals surface area (Å²) in [6.07, 6.45) is -2.97. The predicted octanol–water partition coefficient (Wildman–Crippen LogP) is 1.99. The molecule has 1 saturated carbocycles. The highest BCUT2D eigenvalue weighted by Crippen LogP contribution is 2.24. The molecule has 108 valence electrons. The summed E-state index contributed by atoms with van der Waals surface area (Å²) in [4.78, 5) is 0. The zero-order chi connectivity index (χ0) is 13.8. The topological polar surface area (TPSA) is 55.4 Å². The lowest BCUT2D eigenvalue weighted by Gasteiger charge is -2.29. The van der Waals surface area contributed by atoms with Gasteiger partial charge in [-0.25, -0.2) is 13.1 Å². The van der Waals surface area contributed by atoms with Crippen molar-refractivity contribution < 1.29 is 26.3 Å². The van der Waals surface area contributed by atoms with Crippen LogP contribution in [0.1, 0.15) is 25.7 Å². The standard InChI is InChI=1S/C9H15ClF3NO3S/c10-6-18(15,16)14-7-2-1-3-8(4-7)17-5-9(11,12)13/h7-8,14H,1-6H2. The number of hydrogen-bond donors (Lipinski definition) is 1. The Morgan fingerprint density at radius 3 is 2.56 bits per heavy atom. The van der Waals surface area contributed by atoms with Crippen molar-refractivity contribution in [3.05, 3.63) is 0 Å². The van der Waals surface area contributed by atoms with Crippen LogP contribution in [0.4, 0.5) is 13.2 Å². The molecule has 1 rings (SSSR count). The van der Waals surface area contributed by atoms with Crippen molar-refractivity contribution >= 4 is 21.6 Å². The van der Waals surface area contributed by atoms with Crippen molar-refractivity contribution in [1.82, 2.24) is 4.72 Å². The Morgan fingerprint density at radius 1 is 1.33 bits per heavy atom. The normalized spacial score (nSPS) is 26.2. The number of sulfonamides is 1. The van der Waals surface area contributed by atoms with Gasteiger partial charge in [-0.1, -0.05) is 0 Å². The summed E-state index contributed by atoms with van der Waals surface area (Å²) in [5.74, 6) is 0. The maximum absolute atomic E-state index is 12.0. The quantitative estimate of drug-likeness (QED) is 0.790. The Labute approximate surface area is 109 Å². The summed E-state index contributed by atoms with van der Waals surface area (Å²) in [5, 5.41) is -0.558. The van der Waals surface area contributed by atoms with Gasteiger partial charge < -0.3 is 4.74 Å². The van der Waals surface area contributed by atoms with E-state index in [0.29, 0.717) is 19.3 Å². The maximum Gasteiger partial charge on any atom is 0.411 e. The van der Waals surface area contributed by atoms with Gasteiger partial charge in [-0.15, -0.1) is 11.6 Å². The van der Waals surface area contributed by atoms with Gasteiger partial charge in [-0.2, -0.15) is 13.2 Å². The van der Waals surface area contributed by atoms with Crippen LogP contribution in [0.15, 0.2) is 0 Å². The summed E-state index contributed by atoms with van der Waals surface area (Å²) >= 11 is 5.24. The Bertz CT molecular complexity index is 361. The fraction of sp³-hybridized carbons (Fsp3) is 1.00. The molecule has 0 heterocycles. The van der Waals surface area contributed by atoms with E-state index in [0.717, 1.165) is 0 Å². The van der Waals surface area contributed by atoms with Crippen molar-refractivity contribution in [2.45, 2.75) is 44.0 Å². The number of nitrogens with one attached hydrogen (secondary N) is 1. The molecule has 0 aliphatic heterocycles. The number of hydrogen-bond acceptors (Lipinski definition) is 3. The number of alkyl halides is 4. The van der Waals surface area contributed by atoms with Crippen LogP contribution < -0.4 is 4.72 Å². The van der Waals surface area contributed by atoms with E-state index < -0.39 is 40.2 Å². The van der Waals surface area contributed by atoms with E-state index in [1.165, 1.54) is 0 Å². The molecule has 0 bridgehead atoms. The van der Waals surface area contributed by atoms with Gasteiger partial charge in [-0.3, -0.25) is 0 Å². The zero-order valence-electron chi connectivity index (χ0n) is 9.54. The fourth-order valence-corrected chi connectivity index (χ4v) is 2.88. The molecular formula is C9H15ClF3NO3S. The molecule has 1 aliphatic carbocycles. The SMILES string of the molecule is O=S(=O)(CCl)NC1CCCC(OCC(F)(F)F)C1. The first-order valence-corrected chi connectivity index (χ1v) is 7.65. The molecule has 2 unspecified atom stereocenters. The summed E-state index contributed by atoms with van der Waals surface area (Å²) in [7, 11) is -3.55. The van der Waals surface area contributed by atoms with Gasteiger partial charge in [0, 0.05) is 6.04 Å². The van der Waals surface area contributed by atoms with Crippen LogP contribution in [0.2, 0.25) is 0 Å². The Kier molecular flexibility index (Phi) is 5.69. The minimum absolute atomic E-state index is 0.242. The highest BCUT2D eigenvalue weighted by atomic mass is 35.5. The van der Waals surface area contributed by atoms with E-state index in [9.17, 15) is 21.6 Å². The van der Waals surface area contributed by atoms with E-state index >= 15 is 0 Å². The van der Waals surface area contributed by atoms with E-state index in [1.54, 1.807) is 0 Å². The first kappa shape index (κ1) is 16.0. The Balaban J connectivity index is 2.42. The highest BCUT2D eigenvalue weighted by Gasteiger charge is 2.32. The molecule has 0 aromatic heterocycles. The Hall–Kier alpha value is -0.0500. The predicted molar refractivity (Wildman–Crippen MR) is 60.8 cm³/mol. The maximum atomic E-state index is 12.0. The summed E-state index contributed by atoms with van der Waals surface area (Å²) < 4.78 is 65.5. The molecule has 1 fully saturated rings. The van der Waals surface area contributed by atoms with E-state index in [2.05, 4.69) is 4.72 Å². The molecule has 1 aliphatic rings. The summed E-state index contributed by atoms with van der Waals surface area (Å²) in [6, 6.07) is -0.402. The van der Waals surface area contributed by atoms with Gasteiger partial charge >= 0.3 is 6.18 Å². The molecule has 0 amide bonds. The van der Waals surface area contributed by atoms with Crippen LogP contribution in [0, 0.1) is 0 Å². The van der Waals surface area contributed by atoms with Crippen molar-refractivity contribution in [3.8, 4) is 0 Å². The van der Waals surface area contributed by atoms with Gasteiger partial charge in [0.1, 0.15) is 11.8 Å². The van der Waals surface area contributed by atoms with Crippen LogP contribution in [-0.4, -0.2) is 38.6 Å². The lowest BCUT2D eigenvalue weighted by Crippen LogP contribution is -2.41. The largest absolute Gasteiger partial charge is 0.411 e. The molecule has 0 spiro atoms. The van der Waals surface area contributed by atoms with E-state index in [1.807, 2.05) is 0 Å². The second-order valence-electron chi connectivity index (χ2n) is 4.25. The molecule has 9 heteroatoms. The van der Waals surface area contributed by atoms with Crippen LogP contribution in [-0.2, 0) is 14.8 Å². The summed E-state index contributed by atoms with van der Waals surface area (Å²) in [5.41, 5.74) is 0.